The van der Waals surface area contributed by atoms with Crippen molar-refractivity contribution < 1.29 is 4.79 Å². The fourth-order valence-electron chi connectivity index (χ4n) is 2.10. The Morgan fingerprint density at radius 2 is 1.50 bits per heavy atom. The second-order valence-corrected chi connectivity index (χ2v) is 7.19. The first-order chi connectivity index (χ1) is 10.7. The summed E-state index contributed by atoms with van der Waals surface area (Å²) in [6, 6.07) is 22.4. The molecule has 0 atom stereocenters. The van der Waals surface area contributed by atoms with Crippen molar-refractivity contribution in [1.29, 1.82) is 0 Å². The van der Waals surface area contributed by atoms with E-state index in [-0.39, 0.29) is 20.3 Å². The minimum absolute atomic E-state index is 0.0722. The normalized spacial score (nSPS) is 9.86. The Hall–Kier alpha value is -2.33. The van der Waals surface area contributed by atoms with Crippen LogP contribution >= 0.6 is 0 Å². The van der Waals surface area contributed by atoms with Crippen molar-refractivity contribution in [3.05, 3.63) is 81.2 Å². The van der Waals surface area contributed by atoms with Gasteiger partial charge in [-0.15, -0.1) is 0 Å². The summed E-state index contributed by atoms with van der Waals surface area (Å²) in [7, 11) is 0. The summed E-state index contributed by atoms with van der Waals surface area (Å²) in [6.45, 7) is 1.61. The molecule has 0 unspecified atom stereocenters. The second kappa shape index (κ2) is 6.62. The minimum atomic E-state index is 0.0722. The molecule has 0 radical (unpaired) electrons. The van der Waals surface area contributed by atoms with Crippen molar-refractivity contribution >= 4 is 20.3 Å². The van der Waals surface area contributed by atoms with Crippen molar-refractivity contribution in [3.8, 4) is 23.0 Å². The van der Waals surface area contributed by atoms with Gasteiger partial charge in [0.05, 0.1) is 0 Å². The number of carbonyl (C=O) groups is 1. The van der Waals surface area contributed by atoms with Crippen LogP contribution in [0.1, 0.15) is 26.2 Å². The monoisotopic (exact) mass is 350 g/mol. The summed E-state index contributed by atoms with van der Waals surface area (Å²) >= 11 is 0.0722. The SMILES string of the molecule is CC(=O)c1ccc(C#Cc2ccc(-c3ccccc3)cc2)[se]1. The van der Waals surface area contributed by atoms with E-state index in [2.05, 4.69) is 36.1 Å². The summed E-state index contributed by atoms with van der Waals surface area (Å²) in [5.74, 6) is 6.51. The van der Waals surface area contributed by atoms with Crippen LogP contribution in [0.5, 0.6) is 0 Å². The van der Waals surface area contributed by atoms with Crippen LogP contribution < -0.4 is 0 Å². The third kappa shape index (κ3) is 3.46. The number of ketones is 1. The molecule has 22 heavy (non-hydrogen) atoms. The molecule has 3 rings (SSSR count). The maximum atomic E-state index is 11.3. The predicted molar refractivity (Wildman–Crippen MR) is 91.2 cm³/mol. The fraction of sp³-hybridized carbons (Fsp3) is 0.0500. The quantitative estimate of drug-likeness (QED) is 0.388. The van der Waals surface area contributed by atoms with Crippen molar-refractivity contribution in [3.63, 3.8) is 0 Å². The van der Waals surface area contributed by atoms with Crippen LogP contribution in [0.25, 0.3) is 11.1 Å². The number of Topliss-reactive ketones (excluding diaryl/α,β-unsaturated/α-hetero) is 1. The maximum absolute atomic E-state index is 11.3. The second-order valence-electron chi connectivity index (χ2n) is 4.91. The molecule has 106 valence electrons. The zero-order chi connectivity index (χ0) is 15.4. The number of hydrogen-bond donors (Lipinski definition) is 0. The standard InChI is InChI=1S/C20H14OSe/c1-15(21)20-14-13-19(22-20)12-9-16-7-10-18(11-8-16)17-5-3-2-4-6-17/h2-8,10-11,13-14H,1H3. The Bertz CT molecular complexity index is 846. The Morgan fingerprint density at radius 1 is 0.818 bits per heavy atom. The van der Waals surface area contributed by atoms with Gasteiger partial charge in [0.1, 0.15) is 0 Å². The molecule has 0 spiro atoms. The van der Waals surface area contributed by atoms with Crippen molar-refractivity contribution in [1.82, 2.24) is 0 Å². The van der Waals surface area contributed by atoms with Crippen LogP contribution in [-0.4, -0.2) is 20.3 Å². The summed E-state index contributed by atoms with van der Waals surface area (Å²) in [5.41, 5.74) is 3.39. The van der Waals surface area contributed by atoms with E-state index in [9.17, 15) is 4.79 Å². The Kier molecular flexibility index (Phi) is 4.39. The van der Waals surface area contributed by atoms with Crippen molar-refractivity contribution in [2.24, 2.45) is 0 Å². The van der Waals surface area contributed by atoms with E-state index in [1.807, 2.05) is 42.5 Å². The number of carbonyl (C=O) groups excluding carboxylic acids is 1. The molecule has 0 fully saturated rings. The summed E-state index contributed by atoms with van der Waals surface area (Å²) < 4.78 is 1.96. The number of benzene rings is 2. The van der Waals surface area contributed by atoms with Gasteiger partial charge in [-0.2, -0.15) is 0 Å². The molecule has 2 aromatic carbocycles. The van der Waals surface area contributed by atoms with E-state index in [0.717, 1.165) is 14.4 Å². The number of hydrogen-bond acceptors (Lipinski definition) is 1. The predicted octanol–water partition coefficient (Wildman–Crippen LogP) is 4.01. The van der Waals surface area contributed by atoms with Gasteiger partial charge in [0.15, 0.2) is 0 Å². The van der Waals surface area contributed by atoms with E-state index in [1.54, 1.807) is 6.92 Å². The summed E-state index contributed by atoms with van der Waals surface area (Å²) in [5, 5.41) is 0. The molecule has 0 aliphatic heterocycles. The molecule has 1 heterocycles. The molecule has 1 aromatic heterocycles. The molecule has 0 aliphatic rings. The third-order valence-electron chi connectivity index (χ3n) is 3.28. The topological polar surface area (TPSA) is 17.1 Å². The van der Waals surface area contributed by atoms with E-state index < -0.39 is 0 Å². The zero-order valence-electron chi connectivity index (χ0n) is 12.2. The van der Waals surface area contributed by atoms with E-state index in [4.69, 9.17) is 0 Å². The summed E-state index contributed by atoms with van der Waals surface area (Å²) in [6.07, 6.45) is 0. The first kappa shape index (κ1) is 14.6. The Morgan fingerprint density at radius 3 is 2.14 bits per heavy atom. The number of rotatable bonds is 2. The van der Waals surface area contributed by atoms with Crippen molar-refractivity contribution in [2.75, 3.05) is 0 Å². The van der Waals surface area contributed by atoms with Crippen LogP contribution in [-0.2, 0) is 0 Å². The molecule has 0 saturated carbocycles. The van der Waals surface area contributed by atoms with Crippen molar-refractivity contribution in [2.45, 2.75) is 6.92 Å². The average molecular weight is 349 g/mol. The van der Waals surface area contributed by atoms with Crippen LogP contribution in [0.2, 0.25) is 0 Å². The molecule has 0 N–H and O–H groups in total. The molecule has 1 nitrogen and oxygen atoms in total. The zero-order valence-corrected chi connectivity index (χ0v) is 13.9. The van der Waals surface area contributed by atoms with Gasteiger partial charge in [0, 0.05) is 0 Å². The van der Waals surface area contributed by atoms with Gasteiger partial charge in [0.25, 0.3) is 0 Å². The third-order valence-corrected chi connectivity index (χ3v) is 5.59. The van der Waals surface area contributed by atoms with E-state index >= 15 is 0 Å². The fourth-order valence-corrected chi connectivity index (χ4v) is 3.69. The van der Waals surface area contributed by atoms with Gasteiger partial charge >= 0.3 is 136 Å². The van der Waals surface area contributed by atoms with Gasteiger partial charge in [0.2, 0.25) is 0 Å². The molecule has 0 saturated heterocycles. The van der Waals surface area contributed by atoms with Gasteiger partial charge in [-0.05, 0) is 0 Å². The van der Waals surface area contributed by atoms with Crippen LogP contribution in [0.3, 0.4) is 0 Å². The molecule has 2 heteroatoms. The van der Waals surface area contributed by atoms with Crippen LogP contribution in [0.15, 0.2) is 66.7 Å². The molecule has 0 aliphatic carbocycles. The van der Waals surface area contributed by atoms with Gasteiger partial charge in [-0.1, -0.05) is 0 Å². The molecule has 0 bridgehead atoms. The van der Waals surface area contributed by atoms with E-state index in [0.29, 0.717) is 0 Å². The first-order valence-electron chi connectivity index (χ1n) is 7.01. The Labute approximate surface area is 136 Å². The first-order valence-corrected chi connectivity index (χ1v) is 8.72. The molecular weight excluding hydrogens is 335 g/mol. The average Bonchev–Trinajstić information content (AvgIpc) is 3.04. The molecule has 0 amide bonds. The van der Waals surface area contributed by atoms with Gasteiger partial charge < -0.3 is 0 Å². The Balaban J connectivity index is 1.79. The molecule has 3 aromatic rings. The van der Waals surface area contributed by atoms with Gasteiger partial charge in [-0.25, -0.2) is 0 Å². The summed E-state index contributed by atoms with van der Waals surface area (Å²) in [4.78, 5) is 11.3. The van der Waals surface area contributed by atoms with Crippen LogP contribution in [0, 0.1) is 11.8 Å². The van der Waals surface area contributed by atoms with E-state index in [1.165, 1.54) is 11.1 Å². The van der Waals surface area contributed by atoms with Gasteiger partial charge in [-0.3, -0.25) is 0 Å². The van der Waals surface area contributed by atoms with Crippen LogP contribution in [0.4, 0.5) is 0 Å². The molecular formula is C20H14OSe.